The molecule has 0 atom stereocenters. The Hall–Kier alpha value is -2.28. The van der Waals surface area contributed by atoms with E-state index in [1.165, 1.54) is 23.5 Å². The van der Waals surface area contributed by atoms with Gasteiger partial charge in [-0.3, -0.25) is 9.59 Å². The van der Waals surface area contributed by atoms with Crippen molar-refractivity contribution < 1.29 is 14.0 Å². The second kappa shape index (κ2) is 9.96. The summed E-state index contributed by atoms with van der Waals surface area (Å²) in [7, 11) is 0. The summed E-state index contributed by atoms with van der Waals surface area (Å²) < 4.78 is 13.1. The monoisotopic (exact) mass is 417 g/mol. The molecule has 0 saturated carbocycles. The van der Waals surface area contributed by atoms with Crippen LogP contribution in [-0.2, 0) is 4.79 Å². The Morgan fingerprint density at radius 3 is 2.55 bits per heavy atom. The number of thiazole rings is 1. The number of piperidine rings is 1. The van der Waals surface area contributed by atoms with Crippen molar-refractivity contribution in [3.05, 3.63) is 40.7 Å². The fraction of sp³-hybridized carbons (Fsp3) is 0.500. The molecule has 3 rings (SSSR count). The largest absolute Gasteiger partial charge is 0.356 e. The van der Waals surface area contributed by atoms with E-state index >= 15 is 0 Å². The van der Waals surface area contributed by atoms with E-state index in [-0.39, 0.29) is 23.5 Å². The summed E-state index contributed by atoms with van der Waals surface area (Å²) in [6.45, 7) is 5.86. The van der Waals surface area contributed by atoms with Crippen molar-refractivity contribution in [2.75, 3.05) is 19.6 Å². The molecular weight excluding hydrogens is 389 g/mol. The van der Waals surface area contributed by atoms with Crippen LogP contribution in [0, 0.1) is 18.7 Å². The lowest BCUT2D eigenvalue weighted by atomic mass is 9.95. The second-order valence-electron chi connectivity index (χ2n) is 7.51. The number of unbranched alkanes of at least 4 members (excludes halogenated alkanes) is 2. The third-order valence-corrected chi connectivity index (χ3v) is 6.51. The van der Waals surface area contributed by atoms with Gasteiger partial charge in [-0.05, 0) is 50.5 Å². The van der Waals surface area contributed by atoms with E-state index in [4.69, 9.17) is 0 Å². The molecular formula is C22H28FN3O2S. The zero-order valence-corrected chi connectivity index (χ0v) is 17.9. The highest BCUT2D eigenvalue weighted by Crippen LogP contribution is 2.30. The van der Waals surface area contributed by atoms with E-state index in [1.807, 2.05) is 11.8 Å². The highest BCUT2D eigenvalue weighted by molar-refractivity contribution is 7.17. The van der Waals surface area contributed by atoms with E-state index in [0.29, 0.717) is 41.5 Å². The minimum atomic E-state index is -0.296. The number of likely N-dealkylation sites (tertiary alicyclic amines) is 1. The highest BCUT2D eigenvalue weighted by Gasteiger charge is 2.29. The summed E-state index contributed by atoms with van der Waals surface area (Å²) in [4.78, 5) is 32.2. The predicted octanol–water partition coefficient (Wildman–Crippen LogP) is 4.42. The van der Waals surface area contributed by atoms with E-state index < -0.39 is 0 Å². The van der Waals surface area contributed by atoms with Gasteiger partial charge in [-0.25, -0.2) is 9.37 Å². The van der Waals surface area contributed by atoms with Crippen molar-refractivity contribution in [3.63, 3.8) is 0 Å². The molecule has 0 unspecified atom stereocenters. The summed E-state index contributed by atoms with van der Waals surface area (Å²) in [6, 6.07) is 6.14. The summed E-state index contributed by atoms with van der Waals surface area (Å²) in [5.41, 5.74) is 1.49. The molecule has 0 spiro atoms. The Bertz CT molecular complexity index is 842. The molecule has 5 nitrogen and oxygen atoms in total. The van der Waals surface area contributed by atoms with Crippen LogP contribution < -0.4 is 5.32 Å². The highest BCUT2D eigenvalue weighted by atomic mass is 32.1. The molecule has 1 aliphatic rings. The molecule has 29 heavy (non-hydrogen) atoms. The normalized spacial score (nSPS) is 14.8. The molecule has 0 aliphatic carbocycles. The number of carbonyl (C=O) groups excluding carboxylic acids is 2. The lowest BCUT2D eigenvalue weighted by molar-refractivity contribution is -0.126. The molecule has 0 bridgehead atoms. The van der Waals surface area contributed by atoms with Gasteiger partial charge in [0, 0.05) is 31.1 Å². The number of rotatable bonds is 7. The first-order valence-electron chi connectivity index (χ1n) is 10.3. The SMILES string of the molecule is CCCCCNC(=O)C1CCN(C(=O)c2sc(-c3ccc(F)cc3)nc2C)CC1. The Labute approximate surface area is 175 Å². The van der Waals surface area contributed by atoms with Gasteiger partial charge in [0.1, 0.15) is 15.7 Å². The maximum Gasteiger partial charge on any atom is 0.265 e. The molecule has 1 N–H and O–H groups in total. The van der Waals surface area contributed by atoms with Crippen molar-refractivity contribution in [3.8, 4) is 10.6 Å². The molecule has 1 saturated heterocycles. The number of benzene rings is 1. The number of nitrogens with zero attached hydrogens (tertiary/aromatic N) is 2. The van der Waals surface area contributed by atoms with Gasteiger partial charge in [-0.1, -0.05) is 19.8 Å². The number of amides is 2. The number of nitrogens with one attached hydrogen (secondary N) is 1. The van der Waals surface area contributed by atoms with Crippen LogP contribution in [0.15, 0.2) is 24.3 Å². The van der Waals surface area contributed by atoms with Gasteiger partial charge in [-0.2, -0.15) is 0 Å². The molecule has 1 aliphatic heterocycles. The van der Waals surface area contributed by atoms with Gasteiger partial charge >= 0.3 is 0 Å². The van der Waals surface area contributed by atoms with Crippen molar-refractivity contribution in [2.24, 2.45) is 5.92 Å². The standard InChI is InChI=1S/C22H28FN3O2S/c1-3-4-5-12-24-20(27)16-10-13-26(14-11-16)22(28)19-15(2)25-21(29-19)17-6-8-18(23)9-7-17/h6-9,16H,3-5,10-14H2,1-2H3,(H,24,27). The zero-order valence-electron chi connectivity index (χ0n) is 17.0. The lowest BCUT2D eigenvalue weighted by Crippen LogP contribution is -2.43. The molecule has 156 valence electrons. The molecule has 1 fully saturated rings. The number of hydrogen-bond acceptors (Lipinski definition) is 4. The molecule has 2 heterocycles. The van der Waals surface area contributed by atoms with Crippen LogP contribution in [0.1, 0.15) is 54.4 Å². The van der Waals surface area contributed by atoms with Crippen molar-refractivity contribution in [1.29, 1.82) is 0 Å². The van der Waals surface area contributed by atoms with Crippen molar-refractivity contribution in [1.82, 2.24) is 15.2 Å². The van der Waals surface area contributed by atoms with E-state index in [1.54, 1.807) is 12.1 Å². The van der Waals surface area contributed by atoms with Gasteiger partial charge < -0.3 is 10.2 Å². The van der Waals surface area contributed by atoms with Crippen molar-refractivity contribution in [2.45, 2.75) is 46.0 Å². The first-order chi connectivity index (χ1) is 14.0. The number of aromatic nitrogens is 1. The van der Waals surface area contributed by atoms with Gasteiger partial charge in [0.15, 0.2) is 0 Å². The van der Waals surface area contributed by atoms with Crippen molar-refractivity contribution >= 4 is 23.2 Å². The maximum atomic E-state index is 13.1. The van der Waals surface area contributed by atoms with Gasteiger partial charge in [0.2, 0.25) is 5.91 Å². The fourth-order valence-electron chi connectivity index (χ4n) is 3.53. The Morgan fingerprint density at radius 1 is 1.21 bits per heavy atom. The maximum absolute atomic E-state index is 13.1. The van der Waals surface area contributed by atoms with Crippen LogP contribution in [0.5, 0.6) is 0 Å². The quantitative estimate of drug-likeness (QED) is 0.679. The first-order valence-corrected chi connectivity index (χ1v) is 11.1. The van der Waals surface area contributed by atoms with Crippen LogP contribution in [-0.4, -0.2) is 41.3 Å². The Kier molecular flexibility index (Phi) is 7.36. The number of aryl methyl sites for hydroxylation is 1. The molecule has 7 heteroatoms. The Morgan fingerprint density at radius 2 is 1.90 bits per heavy atom. The molecule has 2 aromatic rings. The average molecular weight is 418 g/mol. The van der Waals surface area contributed by atoms with Crippen LogP contribution in [0.4, 0.5) is 4.39 Å². The topological polar surface area (TPSA) is 62.3 Å². The fourth-order valence-corrected chi connectivity index (χ4v) is 4.57. The summed E-state index contributed by atoms with van der Waals surface area (Å²) in [5, 5.41) is 3.74. The van der Waals surface area contributed by atoms with Gasteiger partial charge in [0.25, 0.3) is 5.91 Å². The summed E-state index contributed by atoms with van der Waals surface area (Å²) in [5.74, 6) is -0.232. The van der Waals surface area contributed by atoms with Gasteiger partial charge in [0.05, 0.1) is 5.69 Å². The van der Waals surface area contributed by atoms with Crippen LogP contribution >= 0.6 is 11.3 Å². The molecule has 1 aromatic carbocycles. The second-order valence-corrected chi connectivity index (χ2v) is 8.50. The minimum absolute atomic E-state index is 0.0157. The molecule has 2 amide bonds. The average Bonchev–Trinajstić information content (AvgIpc) is 3.12. The number of carbonyl (C=O) groups is 2. The third kappa shape index (κ3) is 5.41. The van der Waals surface area contributed by atoms with Gasteiger partial charge in [-0.15, -0.1) is 11.3 Å². The molecule has 1 aromatic heterocycles. The van der Waals surface area contributed by atoms with E-state index in [9.17, 15) is 14.0 Å². The smallest absolute Gasteiger partial charge is 0.265 e. The lowest BCUT2D eigenvalue weighted by Gasteiger charge is -2.31. The number of hydrogen-bond donors (Lipinski definition) is 1. The van der Waals surface area contributed by atoms with Crippen LogP contribution in [0.2, 0.25) is 0 Å². The van der Waals surface area contributed by atoms with E-state index in [0.717, 1.165) is 31.4 Å². The van der Waals surface area contributed by atoms with Crippen LogP contribution in [0.3, 0.4) is 0 Å². The third-order valence-electron chi connectivity index (χ3n) is 5.31. The van der Waals surface area contributed by atoms with E-state index in [2.05, 4.69) is 17.2 Å². The molecule has 0 radical (unpaired) electrons. The number of halogens is 1. The summed E-state index contributed by atoms with van der Waals surface area (Å²) in [6.07, 6.45) is 4.65. The summed E-state index contributed by atoms with van der Waals surface area (Å²) >= 11 is 1.34. The minimum Gasteiger partial charge on any atom is -0.356 e. The Balaban J connectivity index is 1.57. The zero-order chi connectivity index (χ0) is 20.8. The first kappa shape index (κ1) is 21.4. The predicted molar refractivity (Wildman–Crippen MR) is 113 cm³/mol. The van der Waals surface area contributed by atoms with Crippen LogP contribution in [0.25, 0.3) is 10.6 Å².